The number of aromatic nitrogens is 3. The number of hydrazine groups is 1. The third kappa shape index (κ3) is 3.02. The zero-order valence-electron chi connectivity index (χ0n) is 11.5. The normalized spacial score (nSPS) is 23.3. The Morgan fingerprint density at radius 2 is 2.11 bits per heavy atom. The zero-order valence-corrected chi connectivity index (χ0v) is 11.5. The topological polar surface area (TPSA) is 98.4 Å². The molecule has 2 unspecified atom stereocenters. The van der Waals surface area contributed by atoms with Crippen LogP contribution in [0.3, 0.4) is 0 Å². The summed E-state index contributed by atoms with van der Waals surface area (Å²) in [6.45, 7) is 3.80. The average Bonchev–Trinajstić information content (AvgIpc) is 2.47. The van der Waals surface area contributed by atoms with Crippen LogP contribution < -0.4 is 20.9 Å². The monoisotopic (exact) mass is 268 g/mol. The second-order valence-electron chi connectivity index (χ2n) is 4.58. The van der Waals surface area contributed by atoms with Gasteiger partial charge in [0.25, 0.3) is 0 Å². The van der Waals surface area contributed by atoms with Crippen LogP contribution in [-0.2, 0) is 4.74 Å². The molecule has 8 heteroatoms. The van der Waals surface area contributed by atoms with E-state index in [0.29, 0.717) is 11.9 Å². The predicted molar refractivity (Wildman–Crippen MR) is 71.0 cm³/mol. The van der Waals surface area contributed by atoms with E-state index in [2.05, 4.69) is 32.2 Å². The van der Waals surface area contributed by atoms with E-state index in [1.54, 1.807) is 7.11 Å². The summed E-state index contributed by atoms with van der Waals surface area (Å²) >= 11 is 0. The standard InChI is InChI=1S/C11H20N6O2/c1-7-4-5-17(6-8(7)18-2)10-13-9(16-12)14-11(15-10)19-3/h7-8H,4-6,12H2,1-3H3,(H,13,14,15,16). The summed E-state index contributed by atoms with van der Waals surface area (Å²) in [6, 6.07) is 0.241. The first-order valence-corrected chi connectivity index (χ1v) is 6.22. The van der Waals surface area contributed by atoms with Gasteiger partial charge < -0.3 is 14.4 Å². The van der Waals surface area contributed by atoms with Crippen LogP contribution in [0.25, 0.3) is 0 Å². The second-order valence-corrected chi connectivity index (χ2v) is 4.58. The molecule has 3 N–H and O–H groups in total. The first-order valence-electron chi connectivity index (χ1n) is 6.22. The van der Waals surface area contributed by atoms with Crippen molar-refractivity contribution in [1.82, 2.24) is 15.0 Å². The van der Waals surface area contributed by atoms with E-state index in [9.17, 15) is 0 Å². The number of rotatable bonds is 4. The van der Waals surface area contributed by atoms with Crippen molar-refractivity contribution >= 4 is 11.9 Å². The minimum absolute atomic E-state index is 0.172. The first kappa shape index (κ1) is 13.8. The molecule has 1 aliphatic heterocycles. The van der Waals surface area contributed by atoms with Crippen LogP contribution in [0.15, 0.2) is 0 Å². The summed E-state index contributed by atoms with van der Waals surface area (Å²) in [5.74, 6) is 6.71. The van der Waals surface area contributed by atoms with Gasteiger partial charge in [-0.15, -0.1) is 0 Å². The molecular weight excluding hydrogens is 248 g/mol. The molecule has 2 heterocycles. The summed E-state index contributed by atoms with van der Waals surface area (Å²) in [6.07, 6.45) is 1.20. The number of hydrogen-bond donors (Lipinski definition) is 2. The zero-order chi connectivity index (χ0) is 13.8. The van der Waals surface area contributed by atoms with Crippen LogP contribution in [0.5, 0.6) is 6.01 Å². The molecule has 8 nitrogen and oxygen atoms in total. The number of nitrogens with zero attached hydrogens (tertiary/aromatic N) is 4. The summed E-state index contributed by atoms with van der Waals surface area (Å²) in [7, 11) is 3.24. The highest BCUT2D eigenvalue weighted by Gasteiger charge is 2.28. The van der Waals surface area contributed by atoms with Crippen molar-refractivity contribution in [2.24, 2.45) is 11.8 Å². The van der Waals surface area contributed by atoms with Gasteiger partial charge >= 0.3 is 6.01 Å². The van der Waals surface area contributed by atoms with E-state index in [1.165, 1.54) is 7.11 Å². The van der Waals surface area contributed by atoms with Crippen molar-refractivity contribution < 1.29 is 9.47 Å². The molecule has 106 valence electrons. The highest BCUT2D eigenvalue weighted by atomic mass is 16.5. The largest absolute Gasteiger partial charge is 0.467 e. The maximum Gasteiger partial charge on any atom is 0.322 e. The molecule has 19 heavy (non-hydrogen) atoms. The Balaban J connectivity index is 2.21. The fourth-order valence-electron chi connectivity index (χ4n) is 2.17. The third-order valence-corrected chi connectivity index (χ3v) is 3.39. The number of nitrogens with one attached hydrogen (secondary N) is 1. The minimum Gasteiger partial charge on any atom is -0.467 e. The molecule has 0 bridgehead atoms. The van der Waals surface area contributed by atoms with Crippen molar-refractivity contribution in [2.45, 2.75) is 19.4 Å². The highest BCUT2D eigenvalue weighted by molar-refractivity contribution is 5.38. The van der Waals surface area contributed by atoms with Crippen molar-refractivity contribution in [3.8, 4) is 6.01 Å². The number of methoxy groups -OCH3 is 2. The lowest BCUT2D eigenvalue weighted by atomic mass is 9.96. The molecule has 1 aliphatic rings. The fraction of sp³-hybridized carbons (Fsp3) is 0.727. The van der Waals surface area contributed by atoms with E-state index < -0.39 is 0 Å². The van der Waals surface area contributed by atoms with E-state index in [4.69, 9.17) is 15.3 Å². The molecule has 0 aliphatic carbocycles. The molecule has 1 fully saturated rings. The van der Waals surface area contributed by atoms with Gasteiger partial charge in [0, 0.05) is 20.2 Å². The minimum atomic E-state index is 0.172. The smallest absolute Gasteiger partial charge is 0.322 e. The Hall–Kier alpha value is -1.67. The van der Waals surface area contributed by atoms with Gasteiger partial charge in [-0.3, -0.25) is 5.43 Å². The van der Waals surface area contributed by atoms with Crippen molar-refractivity contribution in [1.29, 1.82) is 0 Å². The summed E-state index contributed by atoms with van der Waals surface area (Å²) in [5.41, 5.74) is 2.42. The van der Waals surface area contributed by atoms with Crippen molar-refractivity contribution in [2.75, 3.05) is 37.6 Å². The Morgan fingerprint density at radius 1 is 1.32 bits per heavy atom. The molecule has 0 radical (unpaired) electrons. The SMILES string of the molecule is COc1nc(NN)nc(N2CCC(C)C(OC)C2)n1. The molecular formula is C11H20N6O2. The number of ether oxygens (including phenoxy) is 2. The molecule has 1 aromatic heterocycles. The molecule has 1 saturated heterocycles. The average molecular weight is 268 g/mol. The lowest BCUT2D eigenvalue weighted by Gasteiger charge is -2.36. The lowest BCUT2D eigenvalue weighted by Crippen LogP contribution is -2.44. The van der Waals surface area contributed by atoms with Crippen molar-refractivity contribution in [3.63, 3.8) is 0 Å². The van der Waals surface area contributed by atoms with E-state index >= 15 is 0 Å². The quantitative estimate of drug-likeness (QED) is 0.583. The van der Waals surface area contributed by atoms with Gasteiger partial charge in [-0.05, 0) is 12.3 Å². The van der Waals surface area contributed by atoms with Crippen LogP contribution in [0.1, 0.15) is 13.3 Å². The predicted octanol–water partition coefficient (Wildman–Crippen LogP) is 0.0270. The number of anilines is 2. The summed E-state index contributed by atoms with van der Waals surface area (Å²) in [4.78, 5) is 14.5. The van der Waals surface area contributed by atoms with Crippen LogP contribution in [-0.4, -0.2) is 48.4 Å². The van der Waals surface area contributed by atoms with Crippen LogP contribution in [0.2, 0.25) is 0 Å². The Kier molecular flexibility index (Phi) is 4.33. The first-order chi connectivity index (χ1) is 9.17. The number of hydrogen-bond acceptors (Lipinski definition) is 8. The summed E-state index contributed by atoms with van der Waals surface area (Å²) in [5, 5.41) is 0. The van der Waals surface area contributed by atoms with E-state index in [1.807, 2.05) is 0 Å². The lowest BCUT2D eigenvalue weighted by molar-refractivity contribution is 0.0494. The number of piperidine rings is 1. The Labute approximate surface area is 112 Å². The Morgan fingerprint density at radius 3 is 2.74 bits per heavy atom. The molecule has 0 amide bonds. The van der Waals surface area contributed by atoms with E-state index in [0.717, 1.165) is 19.5 Å². The second kappa shape index (κ2) is 5.98. The molecule has 0 spiro atoms. The van der Waals surface area contributed by atoms with Crippen molar-refractivity contribution in [3.05, 3.63) is 0 Å². The van der Waals surface area contributed by atoms with Gasteiger partial charge in [-0.2, -0.15) is 15.0 Å². The molecule has 0 saturated carbocycles. The van der Waals surface area contributed by atoms with Gasteiger partial charge in [-0.1, -0.05) is 6.92 Å². The summed E-state index contributed by atoms with van der Waals surface area (Å²) < 4.78 is 10.5. The molecule has 2 rings (SSSR count). The van der Waals surface area contributed by atoms with Gasteiger partial charge in [0.1, 0.15) is 0 Å². The number of nitrogen functional groups attached to an aromatic ring is 1. The van der Waals surface area contributed by atoms with Crippen LogP contribution >= 0.6 is 0 Å². The third-order valence-electron chi connectivity index (χ3n) is 3.39. The maximum atomic E-state index is 5.48. The van der Waals surface area contributed by atoms with Gasteiger partial charge in [-0.25, -0.2) is 5.84 Å². The molecule has 0 aromatic carbocycles. The fourth-order valence-corrected chi connectivity index (χ4v) is 2.17. The highest BCUT2D eigenvalue weighted by Crippen LogP contribution is 2.23. The van der Waals surface area contributed by atoms with Gasteiger partial charge in [0.05, 0.1) is 13.2 Å². The number of nitrogens with two attached hydrogens (primary N) is 1. The van der Waals surface area contributed by atoms with Crippen LogP contribution in [0.4, 0.5) is 11.9 Å². The van der Waals surface area contributed by atoms with E-state index in [-0.39, 0.29) is 18.1 Å². The van der Waals surface area contributed by atoms with Gasteiger partial charge in [0.15, 0.2) is 0 Å². The Bertz CT molecular complexity index is 407. The van der Waals surface area contributed by atoms with Gasteiger partial charge in [0.2, 0.25) is 11.9 Å². The maximum absolute atomic E-state index is 5.48. The van der Waals surface area contributed by atoms with Crippen LogP contribution in [0, 0.1) is 5.92 Å². The molecule has 2 atom stereocenters. The molecule has 1 aromatic rings.